The van der Waals surface area contributed by atoms with E-state index in [0.717, 1.165) is 44.0 Å². The molecule has 0 radical (unpaired) electrons. The van der Waals surface area contributed by atoms with Crippen LogP contribution in [0.5, 0.6) is 0 Å². The first kappa shape index (κ1) is 23.2. The summed E-state index contributed by atoms with van der Waals surface area (Å²) in [4.78, 5) is 27.6. The summed E-state index contributed by atoms with van der Waals surface area (Å²) in [5, 5.41) is 3.64. The molecule has 0 fully saturated rings. The van der Waals surface area contributed by atoms with Gasteiger partial charge in [-0.2, -0.15) is 0 Å². The summed E-state index contributed by atoms with van der Waals surface area (Å²) in [5.41, 5.74) is 10.4. The Hall–Kier alpha value is -5.22. The van der Waals surface area contributed by atoms with Crippen molar-refractivity contribution in [2.45, 2.75) is 0 Å². The standard InChI is InChI=1S/C34H24N2O2/c35-33(37)31-15-7-9-25-21-23(17-19-29(25)31)24-18-20-30-26(22-24)10-8-16-32(30)34(38)36(27-11-3-1-4-12-27)28-13-5-2-6-14-28/h1-22H,(H2,35,37). The van der Waals surface area contributed by atoms with Gasteiger partial charge in [-0.1, -0.05) is 84.9 Å². The quantitative estimate of drug-likeness (QED) is 0.268. The molecule has 38 heavy (non-hydrogen) atoms. The molecule has 2 N–H and O–H groups in total. The first-order chi connectivity index (χ1) is 18.6. The summed E-state index contributed by atoms with van der Waals surface area (Å²) >= 11 is 0. The van der Waals surface area contributed by atoms with Gasteiger partial charge in [0.25, 0.3) is 5.91 Å². The highest BCUT2D eigenvalue weighted by molar-refractivity contribution is 6.17. The molecule has 4 nitrogen and oxygen atoms in total. The van der Waals surface area contributed by atoms with E-state index in [2.05, 4.69) is 12.1 Å². The summed E-state index contributed by atoms with van der Waals surface area (Å²) in [5.74, 6) is -0.531. The third-order valence-corrected chi connectivity index (χ3v) is 6.82. The molecule has 6 rings (SSSR count). The maximum atomic E-state index is 14.0. The number of anilines is 2. The van der Waals surface area contributed by atoms with Gasteiger partial charge in [-0.3, -0.25) is 14.5 Å². The predicted octanol–water partition coefficient (Wildman–Crippen LogP) is 7.74. The predicted molar refractivity (Wildman–Crippen MR) is 155 cm³/mol. The Bertz CT molecular complexity index is 1770. The second kappa shape index (κ2) is 9.68. The van der Waals surface area contributed by atoms with Crippen LogP contribution in [0.4, 0.5) is 11.4 Å². The number of carbonyl (C=O) groups is 2. The van der Waals surface area contributed by atoms with Crippen LogP contribution in [-0.4, -0.2) is 11.8 Å². The SMILES string of the molecule is NC(=O)c1cccc2cc(-c3ccc4c(C(=O)N(c5ccccc5)c5ccccc5)cccc4c3)ccc12. The van der Waals surface area contributed by atoms with Crippen LogP contribution in [0.3, 0.4) is 0 Å². The summed E-state index contributed by atoms with van der Waals surface area (Å²) in [6.45, 7) is 0. The summed E-state index contributed by atoms with van der Waals surface area (Å²) < 4.78 is 0. The van der Waals surface area contributed by atoms with Crippen LogP contribution in [0.1, 0.15) is 20.7 Å². The van der Waals surface area contributed by atoms with E-state index in [1.807, 2.05) is 115 Å². The van der Waals surface area contributed by atoms with E-state index in [9.17, 15) is 9.59 Å². The number of para-hydroxylation sites is 2. The zero-order valence-corrected chi connectivity index (χ0v) is 20.5. The van der Waals surface area contributed by atoms with Crippen LogP contribution < -0.4 is 10.6 Å². The van der Waals surface area contributed by atoms with Crippen LogP contribution >= 0.6 is 0 Å². The molecule has 0 heterocycles. The molecule has 2 amide bonds. The number of nitrogens with zero attached hydrogens (tertiary/aromatic N) is 1. The second-order valence-corrected chi connectivity index (χ2v) is 9.16. The van der Waals surface area contributed by atoms with Crippen molar-refractivity contribution in [2.75, 3.05) is 4.90 Å². The molecule has 0 aliphatic rings. The van der Waals surface area contributed by atoms with Crippen LogP contribution in [0.25, 0.3) is 32.7 Å². The molecule has 0 bridgehead atoms. The van der Waals surface area contributed by atoms with Gasteiger partial charge in [0, 0.05) is 22.5 Å². The molecular weight excluding hydrogens is 468 g/mol. The number of amides is 2. The molecule has 0 aliphatic heterocycles. The molecule has 0 aliphatic carbocycles. The van der Waals surface area contributed by atoms with E-state index >= 15 is 0 Å². The highest BCUT2D eigenvalue weighted by Crippen LogP contribution is 2.33. The molecule has 0 atom stereocenters. The van der Waals surface area contributed by atoms with Crippen LogP contribution in [0, 0.1) is 0 Å². The van der Waals surface area contributed by atoms with Crippen molar-refractivity contribution in [3.05, 3.63) is 145 Å². The van der Waals surface area contributed by atoms with Gasteiger partial charge >= 0.3 is 0 Å². The lowest BCUT2D eigenvalue weighted by molar-refractivity contribution is 0.0993. The lowest BCUT2D eigenvalue weighted by Crippen LogP contribution is -2.26. The fourth-order valence-corrected chi connectivity index (χ4v) is 4.99. The van der Waals surface area contributed by atoms with Gasteiger partial charge < -0.3 is 5.73 Å². The van der Waals surface area contributed by atoms with E-state index in [1.54, 1.807) is 11.0 Å². The second-order valence-electron chi connectivity index (χ2n) is 9.16. The summed E-state index contributed by atoms with van der Waals surface area (Å²) in [7, 11) is 0. The van der Waals surface area contributed by atoms with Crippen molar-refractivity contribution in [3.8, 4) is 11.1 Å². The Morgan fingerprint density at radius 1 is 0.500 bits per heavy atom. The maximum Gasteiger partial charge on any atom is 0.263 e. The first-order valence-electron chi connectivity index (χ1n) is 12.4. The molecule has 6 aromatic rings. The van der Waals surface area contributed by atoms with Gasteiger partial charge in [0.15, 0.2) is 0 Å². The van der Waals surface area contributed by atoms with Crippen molar-refractivity contribution in [1.29, 1.82) is 0 Å². The highest BCUT2D eigenvalue weighted by Gasteiger charge is 2.21. The molecule has 182 valence electrons. The van der Waals surface area contributed by atoms with E-state index in [-0.39, 0.29) is 5.91 Å². The van der Waals surface area contributed by atoms with E-state index in [4.69, 9.17) is 5.73 Å². The zero-order chi connectivity index (χ0) is 26.1. The molecule has 0 spiro atoms. The lowest BCUT2D eigenvalue weighted by atomic mass is 9.95. The number of fused-ring (bicyclic) bond motifs is 2. The van der Waals surface area contributed by atoms with Gasteiger partial charge in [0.05, 0.1) is 0 Å². The molecule has 0 saturated carbocycles. The monoisotopic (exact) mass is 492 g/mol. The minimum Gasteiger partial charge on any atom is -0.366 e. The van der Waals surface area contributed by atoms with Crippen molar-refractivity contribution < 1.29 is 9.59 Å². The molecule has 4 heteroatoms. The van der Waals surface area contributed by atoms with Gasteiger partial charge in [0.2, 0.25) is 5.91 Å². The number of primary amides is 1. The van der Waals surface area contributed by atoms with Crippen molar-refractivity contribution in [2.24, 2.45) is 5.73 Å². The highest BCUT2D eigenvalue weighted by atomic mass is 16.2. The van der Waals surface area contributed by atoms with Gasteiger partial charge in [-0.05, 0) is 81.2 Å². The van der Waals surface area contributed by atoms with E-state index < -0.39 is 5.91 Å². The fraction of sp³-hybridized carbons (Fsp3) is 0. The van der Waals surface area contributed by atoms with Crippen molar-refractivity contribution in [3.63, 3.8) is 0 Å². The van der Waals surface area contributed by atoms with Crippen molar-refractivity contribution >= 4 is 44.7 Å². The lowest BCUT2D eigenvalue weighted by Gasteiger charge is -2.24. The van der Waals surface area contributed by atoms with E-state index in [1.165, 1.54) is 0 Å². The molecule has 0 unspecified atom stereocenters. The minimum absolute atomic E-state index is 0.0922. The number of benzene rings is 6. The minimum atomic E-state index is -0.439. The van der Waals surface area contributed by atoms with Crippen LogP contribution in [0.15, 0.2) is 133 Å². The third-order valence-electron chi connectivity index (χ3n) is 6.82. The number of hydrogen-bond acceptors (Lipinski definition) is 2. The number of carbonyl (C=O) groups excluding carboxylic acids is 2. The molecular formula is C34H24N2O2. The summed E-state index contributed by atoms with van der Waals surface area (Å²) in [6.07, 6.45) is 0. The number of hydrogen-bond donors (Lipinski definition) is 1. The maximum absolute atomic E-state index is 14.0. The smallest absolute Gasteiger partial charge is 0.263 e. The number of nitrogens with two attached hydrogens (primary N) is 1. The molecule has 0 saturated heterocycles. The average molecular weight is 493 g/mol. The van der Waals surface area contributed by atoms with E-state index in [0.29, 0.717) is 11.1 Å². The molecule has 6 aromatic carbocycles. The average Bonchev–Trinajstić information content (AvgIpc) is 2.97. The van der Waals surface area contributed by atoms with Crippen LogP contribution in [-0.2, 0) is 0 Å². The van der Waals surface area contributed by atoms with Crippen LogP contribution in [0.2, 0.25) is 0 Å². The Labute approximate surface area is 220 Å². The Morgan fingerprint density at radius 3 is 1.47 bits per heavy atom. The largest absolute Gasteiger partial charge is 0.366 e. The number of rotatable bonds is 5. The van der Waals surface area contributed by atoms with Gasteiger partial charge in [-0.15, -0.1) is 0 Å². The molecule has 0 aromatic heterocycles. The normalized spacial score (nSPS) is 10.9. The third kappa shape index (κ3) is 4.18. The first-order valence-corrected chi connectivity index (χ1v) is 12.4. The fourth-order valence-electron chi connectivity index (χ4n) is 4.99. The summed E-state index contributed by atoms with van der Waals surface area (Å²) in [6, 6.07) is 42.9. The Kier molecular flexibility index (Phi) is 5.91. The van der Waals surface area contributed by atoms with Crippen molar-refractivity contribution in [1.82, 2.24) is 0 Å². The van der Waals surface area contributed by atoms with Gasteiger partial charge in [0.1, 0.15) is 0 Å². The Morgan fingerprint density at radius 2 is 0.974 bits per heavy atom. The van der Waals surface area contributed by atoms with Gasteiger partial charge in [-0.25, -0.2) is 0 Å². The Balaban J connectivity index is 1.43. The topological polar surface area (TPSA) is 63.4 Å². The zero-order valence-electron chi connectivity index (χ0n) is 20.5.